The van der Waals surface area contributed by atoms with Crippen LogP contribution in [0.2, 0.25) is 5.02 Å². The van der Waals surface area contributed by atoms with Gasteiger partial charge < -0.3 is 9.84 Å². The minimum absolute atomic E-state index is 0.191. The van der Waals surface area contributed by atoms with Gasteiger partial charge in [-0.15, -0.1) is 0 Å². The van der Waals surface area contributed by atoms with Crippen molar-refractivity contribution in [1.82, 2.24) is 4.98 Å². The first-order valence-corrected chi connectivity index (χ1v) is 5.95. The van der Waals surface area contributed by atoms with Crippen LogP contribution in [-0.2, 0) is 0 Å². The Morgan fingerprint density at radius 1 is 1.32 bits per heavy atom. The Bertz CT molecular complexity index is 641. The highest BCUT2D eigenvalue weighted by Crippen LogP contribution is 2.31. The van der Waals surface area contributed by atoms with Crippen LogP contribution >= 0.6 is 11.6 Å². The first-order valence-electron chi connectivity index (χ1n) is 5.58. The number of aryl methyl sites for hydroxylation is 1. The number of aromatic carboxylic acids is 1. The summed E-state index contributed by atoms with van der Waals surface area (Å²) in [4.78, 5) is 15.3. The molecule has 0 bridgehead atoms. The van der Waals surface area contributed by atoms with E-state index in [0.717, 1.165) is 5.56 Å². The van der Waals surface area contributed by atoms with E-state index in [0.29, 0.717) is 22.2 Å². The van der Waals surface area contributed by atoms with Crippen molar-refractivity contribution in [2.45, 2.75) is 6.92 Å². The van der Waals surface area contributed by atoms with Crippen LogP contribution in [0.15, 0.2) is 30.3 Å². The van der Waals surface area contributed by atoms with Gasteiger partial charge in [-0.1, -0.05) is 11.6 Å². The van der Waals surface area contributed by atoms with Crippen molar-refractivity contribution in [1.29, 1.82) is 0 Å². The molecule has 1 N–H and O–H groups in total. The summed E-state index contributed by atoms with van der Waals surface area (Å²) in [5.41, 5.74) is 2.07. The quantitative estimate of drug-likeness (QED) is 0.934. The number of hydrogen-bond donors (Lipinski definition) is 1. The van der Waals surface area contributed by atoms with Gasteiger partial charge in [0.1, 0.15) is 5.75 Å². The third kappa shape index (κ3) is 2.69. The largest absolute Gasteiger partial charge is 0.496 e. The Morgan fingerprint density at radius 3 is 2.63 bits per heavy atom. The van der Waals surface area contributed by atoms with Crippen molar-refractivity contribution in [3.8, 4) is 17.0 Å². The van der Waals surface area contributed by atoms with Crippen LogP contribution in [0.4, 0.5) is 0 Å². The Morgan fingerprint density at radius 2 is 2.05 bits per heavy atom. The van der Waals surface area contributed by atoms with E-state index in [1.165, 1.54) is 6.07 Å². The molecule has 0 unspecified atom stereocenters. The van der Waals surface area contributed by atoms with Crippen LogP contribution in [0.5, 0.6) is 5.75 Å². The molecule has 0 spiro atoms. The van der Waals surface area contributed by atoms with Gasteiger partial charge in [-0.3, -0.25) is 4.98 Å². The predicted molar refractivity (Wildman–Crippen MR) is 72.9 cm³/mol. The number of rotatable bonds is 3. The van der Waals surface area contributed by atoms with Gasteiger partial charge in [-0.2, -0.15) is 0 Å². The zero-order valence-corrected chi connectivity index (χ0v) is 11.2. The molecule has 19 heavy (non-hydrogen) atoms. The molecule has 2 aromatic rings. The van der Waals surface area contributed by atoms with Crippen molar-refractivity contribution in [2.75, 3.05) is 7.11 Å². The summed E-state index contributed by atoms with van der Waals surface area (Å²) in [5.74, 6) is -0.387. The van der Waals surface area contributed by atoms with Gasteiger partial charge in [0.15, 0.2) is 0 Å². The summed E-state index contributed by atoms with van der Waals surface area (Å²) in [6.07, 6.45) is 0. The Balaban J connectivity index is 2.54. The van der Waals surface area contributed by atoms with E-state index in [4.69, 9.17) is 21.4 Å². The molecular weight excluding hydrogens is 266 g/mol. The molecule has 0 saturated carbocycles. The highest BCUT2D eigenvalue weighted by molar-refractivity contribution is 6.30. The number of ether oxygens (including phenoxy) is 1. The zero-order valence-electron chi connectivity index (χ0n) is 10.5. The predicted octanol–water partition coefficient (Wildman–Crippen LogP) is 3.42. The number of nitrogens with zero attached hydrogens (tertiary/aromatic N) is 1. The number of aromatic nitrogens is 1. The lowest BCUT2D eigenvalue weighted by atomic mass is 10.1. The van der Waals surface area contributed by atoms with Gasteiger partial charge in [-0.25, -0.2) is 4.79 Å². The highest BCUT2D eigenvalue weighted by atomic mass is 35.5. The normalized spacial score (nSPS) is 10.3. The number of halogens is 1. The molecule has 0 radical (unpaired) electrons. The highest BCUT2D eigenvalue weighted by Gasteiger charge is 2.12. The lowest BCUT2D eigenvalue weighted by Crippen LogP contribution is -2.02. The molecular formula is C14H12ClNO3. The Hall–Kier alpha value is -2.07. The fourth-order valence-corrected chi connectivity index (χ4v) is 1.98. The van der Waals surface area contributed by atoms with Crippen LogP contribution in [0.25, 0.3) is 11.3 Å². The van der Waals surface area contributed by atoms with Gasteiger partial charge in [0.25, 0.3) is 0 Å². The summed E-state index contributed by atoms with van der Waals surface area (Å²) in [6, 6.07) is 8.42. The minimum Gasteiger partial charge on any atom is -0.496 e. The van der Waals surface area contributed by atoms with Gasteiger partial charge in [-0.05, 0) is 37.3 Å². The topological polar surface area (TPSA) is 59.4 Å². The van der Waals surface area contributed by atoms with E-state index >= 15 is 0 Å². The molecule has 0 aliphatic rings. The van der Waals surface area contributed by atoms with Crippen molar-refractivity contribution in [2.24, 2.45) is 0 Å². The maximum absolute atomic E-state index is 11.0. The number of methoxy groups -OCH3 is 1. The van der Waals surface area contributed by atoms with E-state index in [2.05, 4.69) is 4.98 Å². The van der Waals surface area contributed by atoms with Crippen LogP contribution < -0.4 is 4.74 Å². The number of carbonyl (C=O) groups is 1. The molecule has 4 nitrogen and oxygen atoms in total. The summed E-state index contributed by atoms with van der Waals surface area (Å²) < 4.78 is 5.26. The second-order valence-corrected chi connectivity index (χ2v) is 4.42. The molecule has 0 aliphatic heterocycles. The van der Waals surface area contributed by atoms with Crippen LogP contribution in [0.3, 0.4) is 0 Å². The van der Waals surface area contributed by atoms with Gasteiger partial charge in [0.2, 0.25) is 0 Å². The average Bonchev–Trinajstić information content (AvgIpc) is 2.37. The molecule has 1 aromatic heterocycles. The van der Waals surface area contributed by atoms with Crippen molar-refractivity contribution in [3.63, 3.8) is 0 Å². The number of carboxylic acids is 1. The molecule has 2 rings (SSSR count). The van der Waals surface area contributed by atoms with Gasteiger partial charge >= 0.3 is 5.97 Å². The van der Waals surface area contributed by atoms with E-state index in [1.54, 1.807) is 38.3 Å². The number of carboxylic acid groups (broad SMARTS) is 1. The van der Waals surface area contributed by atoms with Crippen LogP contribution in [0, 0.1) is 6.92 Å². The standard InChI is InChI=1S/C14H12ClNO3/c1-8-10(14(17)18)5-6-12(16-8)11-4-3-9(15)7-13(11)19-2/h3-7H,1-2H3,(H,17,18). The maximum Gasteiger partial charge on any atom is 0.337 e. The Labute approximate surface area is 115 Å². The van der Waals surface area contributed by atoms with E-state index in [1.807, 2.05) is 0 Å². The van der Waals surface area contributed by atoms with Crippen molar-refractivity contribution < 1.29 is 14.6 Å². The van der Waals surface area contributed by atoms with Gasteiger partial charge in [0, 0.05) is 10.6 Å². The molecule has 98 valence electrons. The summed E-state index contributed by atoms with van der Waals surface area (Å²) >= 11 is 5.90. The lowest BCUT2D eigenvalue weighted by Gasteiger charge is -2.09. The fraction of sp³-hybridized carbons (Fsp3) is 0.143. The van der Waals surface area contributed by atoms with Crippen LogP contribution in [-0.4, -0.2) is 23.2 Å². The second kappa shape index (κ2) is 5.28. The van der Waals surface area contributed by atoms with Crippen molar-refractivity contribution in [3.05, 3.63) is 46.6 Å². The smallest absolute Gasteiger partial charge is 0.337 e. The summed E-state index contributed by atoms with van der Waals surface area (Å²) in [6.45, 7) is 1.66. The van der Waals surface area contributed by atoms with Crippen molar-refractivity contribution >= 4 is 17.6 Å². The molecule has 5 heteroatoms. The van der Waals surface area contributed by atoms with Crippen LogP contribution in [0.1, 0.15) is 16.1 Å². The zero-order chi connectivity index (χ0) is 14.0. The molecule has 0 atom stereocenters. The third-order valence-corrected chi connectivity index (χ3v) is 2.99. The number of benzene rings is 1. The molecule has 0 fully saturated rings. The summed E-state index contributed by atoms with van der Waals surface area (Å²) in [7, 11) is 1.55. The lowest BCUT2D eigenvalue weighted by molar-refractivity contribution is 0.0695. The molecule has 1 aromatic carbocycles. The molecule has 0 amide bonds. The Kier molecular flexibility index (Phi) is 3.71. The fourth-order valence-electron chi connectivity index (χ4n) is 1.81. The molecule has 0 saturated heterocycles. The van der Waals surface area contributed by atoms with Gasteiger partial charge in [0.05, 0.1) is 24.1 Å². The second-order valence-electron chi connectivity index (χ2n) is 3.98. The average molecular weight is 278 g/mol. The third-order valence-electron chi connectivity index (χ3n) is 2.76. The van der Waals surface area contributed by atoms with E-state index < -0.39 is 5.97 Å². The first kappa shape index (κ1) is 13.4. The summed E-state index contributed by atoms with van der Waals surface area (Å²) in [5, 5.41) is 9.55. The maximum atomic E-state index is 11.0. The number of pyridine rings is 1. The van der Waals surface area contributed by atoms with E-state index in [9.17, 15) is 4.79 Å². The number of hydrogen-bond acceptors (Lipinski definition) is 3. The monoisotopic (exact) mass is 277 g/mol. The first-order chi connectivity index (χ1) is 9.02. The minimum atomic E-state index is -0.986. The molecule has 1 heterocycles. The molecule has 0 aliphatic carbocycles. The SMILES string of the molecule is COc1cc(Cl)ccc1-c1ccc(C(=O)O)c(C)n1. The van der Waals surface area contributed by atoms with E-state index in [-0.39, 0.29) is 5.56 Å².